The molecule has 9 nitrogen and oxygen atoms in total. The van der Waals surface area contributed by atoms with Crippen molar-refractivity contribution in [2.75, 3.05) is 23.4 Å². The molecule has 0 unspecified atom stereocenters. The highest BCUT2D eigenvalue weighted by molar-refractivity contribution is 5.93. The van der Waals surface area contributed by atoms with E-state index in [-0.39, 0.29) is 17.6 Å². The summed E-state index contributed by atoms with van der Waals surface area (Å²) in [6, 6.07) is 5.30. The molecule has 2 N–H and O–H groups in total. The molecule has 30 heavy (non-hydrogen) atoms. The van der Waals surface area contributed by atoms with Gasteiger partial charge in [-0.25, -0.2) is 9.40 Å². The van der Waals surface area contributed by atoms with Gasteiger partial charge in [0.25, 0.3) is 0 Å². The van der Waals surface area contributed by atoms with Crippen LogP contribution in [0.25, 0.3) is 0 Å². The van der Waals surface area contributed by atoms with E-state index in [9.17, 15) is 14.0 Å². The van der Waals surface area contributed by atoms with Crippen molar-refractivity contribution in [3.63, 3.8) is 0 Å². The number of halogens is 1. The molecule has 3 rings (SSSR count). The van der Waals surface area contributed by atoms with Crippen molar-refractivity contribution in [3.8, 4) is 0 Å². The van der Waals surface area contributed by atoms with Gasteiger partial charge in [0, 0.05) is 25.7 Å². The van der Waals surface area contributed by atoms with E-state index < -0.39 is 6.04 Å². The Balaban J connectivity index is 1.62. The number of carbonyl (C=O) groups excluding carboxylic acids is 2. The lowest BCUT2D eigenvalue weighted by molar-refractivity contribution is -0.128. The standard InChI is InChI=1S/C20H28FN7O2/c1-15(29)27(28-25-14-24-26-28)19(13-16-5-3-2-4-6-16)20(30)23-12-11-22-18-9-7-17(21)8-10-18/h7-10,14,16,19,22H,2-6,11-13H2,1H3,(H,23,30)/t19-/m0/s1. The third-order valence-corrected chi connectivity index (χ3v) is 5.33. The number of benzene rings is 1. The van der Waals surface area contributed by atoms with Gasteiger partial charge in [0.2, 0.25) is 11.8 Å². The van der Waals surface area contributed by atoms with Gasteiger partial charge < -0.3 is 10.6 Å². The maximum absolute atomic E-state index is 13.0. The zero-order valence-electron chi connectivity index (χ0n) is 17.1. The van der Waals surface area contributed by atoms with Gasteiger partial charge in [-0.2, -0.15) is 0 Å². The number of tetrazole rings is 1. The van der Waals surface area contributed by atoms with Crippen molar-refractivity contribution >= 4 is 17.5 Å². The maximum atomic E-state index is 13.0. The number of rotatable bonds is 9. The molecular weight excluding hydrogens is 389 g/mol. The van der Waals surface area contributed by atoms with E-state index in [0.29, 0.717) is 25.4 Å². The Kier molecular flexibility index (Phi) is 7.69. The van der Waals surface area contributed by atoms with Crippen LogP contribution in [0.2, 0.25) is 0 Å². The van der Waals surface area contributed by atoms with Crippen LogP contribution in [-0.2, 0) is 9.59 Å². The summed E-state index contributed by atoms with van der Waals surface area (Å²) in [5.74, 6) is -0.509. The van der Waals surface area contributed by atoms with Gasteiger partial charge in [-0.15, -0.1) is 10.2 Å². The minimum atomic E-state index is -0.717. The van der Waals surface area contributed by atoms with E-state index in [0.717, 1.165) is 36.3 Å². The summed E-state index contributed by atoms with van der Waals surface area (Å²) in [6.45, 7) is 2.21. The molecule has 0 saturated heterocycles. The highest BCUT2D eigenvalue weighted by atomic mass is 19.1. The second kappa shape index (κ2) is 10.7. The summed E-state index contributed by atoms with van der Waals surface area (Å²) >= 11 is 0. The molecule has 1 aliphatic carbocycles. The summed E-state index contributed by atoms with van der Waals surface area (Å²) in [5, 5.41) is 18.7. The van der Waals surface area contributed by atoms with E-state index >= 15 is 0 Å². The number of nitrogens with zero attached hydrogens (tertiary/aromatic N) is 5. The normalized spacial score (nSPS) is 15.4. The maximum Gasteiger partial charge on any atom is 0.245 e. The summed E-state index contributed by atoms with van der Waals surface area (Å²) in [7, 11) is 0. The predicted molar refractivity (Wildman–Crippen MR) is 110 cm³/mol. The average Bonchev–Trinajstić information content (AvgIpc) is 3.26. The molecule has 1 atom stereocenters. The van der Waals surface area contributed by atoms with Crippen LogP contribution in [0.15, 0.2) is 30.6 Å². The number of carbonyl (C=O) groups is 2. The Hall–Kier alpha value is -3.04. The second-order valence-electron chi connectivity index (χ2n) is 7.55. The van der Waals surface area contributed by atoms with Crippen molar-refractivity contribution in [1.29, 1.82) is 0 Å². The van der Waals surface area contributed by atoms with Crippen LogP contribution in [0.3, 0.4) is 0 Å². The molecule has 2 amide bonds. The van der Waals surface area contributed by atoms with Crippen molar-refractivity contribution < 1.29 is 14.0 Å². The number of anilines is 1. The van der Waals surface area contributed by atoms with Gasteiger partial charge in [-0.05, 0) is 41.8 Å². The molecule has 0 bridgehead atoms. The average molecular weight is 417 g/mol. The third-order valence-electron chi connectivity index (χ3n) is 5.33. The van der Waals surface area contributed by atoms with Gasteiger partial charge in [-0.1, -0.05) is 37.0 Å². The summed E-state index contributed by atoms with van der Waals surface area (Å²) in [4.78, 5) is 26.5. The molecule has 1 aromatic carbocycles. The molecule has 0 aliphatic heterocycles. The van der Waals surface area contributed by atoms with Crippen LogP contribution >= 0.6 is 0 Å². The molecule has 0 radical (unpaired) electrons. The van der Waals surface area contributed by atoms with E-state index in [1.54, 1.807) is 12.1 Å². The van der Waals surface area contributed by atoms with Gasteiger partial charge >= 0.3 is 0 Å². The minimum absolute atomic E-state index is 0.256. The molecule has 1 fully saturated rings. The smallest absolute Gasteiger partial charge is 0.245 e. The quantitative estimate of drug-likeness (QED) is 0.604. The lowest BCUT2D eigenvalue weighted by Crippen LogP contribution is -2.56. The fourth-order valence-corrected chi connectivity index (χ4v) is 3.87. The Morgan fingerprint density at radius 3 is 2.57 bits per heavy atom. The van der Waals surface area contributed by atoms with Crippen LogP contribution in [0.5, 0.6) is 0 Å². The Morgan fingerprint density at radius 1 is 1.20 bits per heavy atom. The van der Waals surface area contributed by atoms with Crippen LogP contribution in [0, 0.1) is 11.7 Å². The molecule has 0 spiro atoms. The monoisotopic (exact) mass is 417 g/mol. The molecule has 1 aromatic heterocycles. The number of nitrogens with one attached hydrogen (secondary N) is 2. The van der Waals surface area contributed by atoms with Gasteiger partial charge in [0.15, 0.2) is 6.33 Å². The Labute approximate surface area is 175 Å². The number of hydrogen-bond acceptors (Lipinski definition) is 6. The highest BCUT2D eigenvalue weighted by Crippen LogP contribution is 2.28. The van der Waals surface area contributed by atoms with E-state index in [4.69, 9.17) is 0 Å². The molecule has 162 valence electrons. The SMILES string of the molecule is CC(=O)N([C@@H](CC1CCCCC1)C(=O)NCCNc1ccc(F)cc1)n1ncnn1. The van der Waals surface area contributed by atoms with Crippen molar-refractivity contribution in [1.82, 2.24) is 25.6 Å². The Morgan fingerprint density at radius 2 is 1.93 bits per heavy atom. The first-order valence-electron chi connectivity index (χ1n) is 10.3. The summed E-state index contributed by atoms with van der Waals surface area (Å²) in [5.41, 5.74) is 0.765. The summed E-state index contributed by atoms with van der Waals surface area (Å²) < 4.78 is 13.0. The first-order chi connectivity index (χ1) is 14.5. The van der Waals surface area contributed by atoms with Crippen molar-refractivity contribution in [2.45, 2.75) is 51.5 Å². The van der Waals surface area contributed by atoms with Crippen LogP contribution in [0.1, 0.15) is 45.4 Å². The predicted octanol–water partition coefficient (Wildman–Crippen LogP) is 1.86. The second-order valence-corrected chi connectivity index (χ2v) is 7.55. The lowest BCUT2D eigenvalue weighted by atomic mass is 9.84. The minimum Gasteiger partial charge on any atom is -0.383 e. The first-order valence-corrected chi connectivity index (χ1v) is 10.3. The topological polar surface area (TPSA) is 105 Å². The van der Waals surface area contributed by atoms with Gasteiger partial charge in [0.05, 0.1) is 0 Å². The van der Waals surface area contributed by atoms with Crippen LogP contribution < -0.4 is 15.6 Å². The zero-order valence-corrected chi connectivity index (χ0v) is 17.1. The van der Waals surface area contributed by atoms with Gasteiger partial charge in [-0.3, -0.25) is 9.59 Å². The van der Waals surface area contributed by atoms with E-state index in [2.05, 4.69) is 26.0 Å². The largest absolute Gasteiger partial charge is 0.383 e. The molecule has 1 heterocycles. The first kappa shape index (κ1) is 21.7. The van der Waals surface area contributed by atoms with E-state index in [1.807, 2.05) is 0 Å². The summed E-state index contributed by atoms with van der Waals surface area (Å²) in [6.07, 6.45) is 7.38. The van der Waals surface area contributed by atoms with Crippen LogP contribution in [0.4, 0.5) is 10.1 Å². The lowest BCUT2D eigenvalue weighted by Gasteiger charge is -2.32. The fraction of sp³-hybridized carbons (Fsp3) is 0.550. The highest BCUT2D eigenvalue weighted by Gasteiger charge is 2.33. The molecule has 2 aromatic rings. The zero-order chi connectivity index (χ0) is 21.3. The number of hydrogen-bond donors (Lipinski definition) is 2. The molecule has 1 saturated carbocycles. The fourth-order valence-electron chi connectivity index (χ4n) is 3.87. The van der Waals surface area contributed by atoms with E-state index in [1.165, 1.54) is 36.8 Å². The molecule has 1 aliphatic rings. The van der Waals surface area contributed by atoms with Crippen molar-refractivity contribution in [3.05, 3.63) is 36.4 Å². The molecular formula is C20H28FN7O2. The van der Waals surface area contributed by atoms with Crippen LogP contribution in [-0.4, -0.2) is 51.3 Å². The molecule has 10 heteroatoms. The van der Waals surface area contributed by atoms with Crippen molar-refractivity contribution in [2.24, 2.45) is 5.92 Å². The van der Waals surface area contributed by atoms with Gasteiger partial charge in [0.1, 0.15) is 11.9 Å². The Bertz CT molecular complexity index is 807. The number of amides is 2. The number of aromatic nitrogens is 4. The third kappa shape index (κ3) is 5.98.